The molecule has 19 heavy (non-hydrogen) atoms. The molecule has 0 saturated carbocycles. The molecule has 5 heteroatoms. The summed E-state index contributed by atoms with van der Waals surface area (Å²) in [6.07, 6.45) is 2.73. The molecule has 0 aliphatic rings. The highest BCUT2D eigenvalue weighted by Gasteiger charge is 2.02. The molecule has 0 amide bonds. The number of anilines is 3. The van der Waals surface area contributed by atoms with Crippen molar-refractivity contribution in [3.8, 4) is 0 Å². The van der Waals surface area contributed by atoms with Crippen LogP contribution in [0.2, 0.25) is 5.02 Å². The van der Waals surface area contributed by atoms with Crippen molar-refractivity contribution in [3.05, 3.63) is 47.4 Å². The predicted molar refractivity (Wildman–Crippen MR) is 77.7 cm³/mol. The molecular weight excluding hydrogens is 265 g/mol. The lowest BCUT2D eigenvalue weighted by molar-refractivity contribution is 0.629. The van der Waals surface area contributed by atoms with Gasteiger partial charge in [-0.1, -0.05) is 18.5 Å². The van der Waals surface area contributed by atoms with Crippen molar-refractivity contribution >= 4 is 28.8 Å². The van der Waals surface area contributed by atoms with Gasteiger partial charge in [-0.15, -0.1) is 0 Å². The third-order valence-electron chi connectivity index (χ3n) is 2.52. The fourth-order valence-electron chi connectivity index (χ4n) is 1.60. The standard InChI is InChI=1S/C14H15ClFN3/c1-2-6-17-14-9-11(5-7-18-14)19-10-3-4-12(15)13(16)8-10/h3-5,7-9H,2,6H2,1H3,(H2,17,18,19). The maximum atomic E-state index is 13.3. The monoisotopic (exact) mass is 279 g/mol. The Morgan fingerprint density at radius 3 is 2.74 bits per heavy atom. The van der Waals surface area contributed by atoms with E-state index in [0.717, 1.165) is 24.5 Å². The van der Waals surface area contributed by atoms with Crippen molar-refractivity contribution in [3.63, 3.8) is 0 Å². The highest BCUT2D eigenvalue weighted by atomic mass is 35.5. The summed E-state index contributed by atoms with van der Waals surface area (Å²) in [6, 6.07) is 8.31. The molecule has 0 fully saturated rings. The average Bonchev–Trinajstić information content (AvgIpc) is 2.41. The van der Waals surface area contributed by atoms with Gasteiger partial charge in [-0.3, -0.25) is 0 Å². The van der Waals surface area contributed by atoms with E-state index in [0.29, 0.717) is 5.69 Å². The third kappa shape index (κ3) is 3.83. The first-order valence-electron chi connectivity index (χ1n) is 6.11. The van der Waals surface area contributed by atoms with Gasteiger partial charge in [0.15, 0.2) is 0 Å². The van der Waals surface area contributed by atoms with Gasteiger partial charge in [-0.2, -0.15) is 0 Å². The number of rotatable bonds is 5. The molecule has 2 aromatic rings. The van der Waals surface area contributed by atoms with E-state index in [1.807, 2.05) is 12.1 Å². The van der Waals surface area contributed by atoms with Gasteiger partial charge >= 0.3 is 0 Å². The largest absolute Gasteiger partial charge is 0.370 e. The molecule has 1 heterocycles. The lowest BCUT2D eigenvalue weighted by atomic mass is 10.3. The second kappa shape index (κ2) is 6.38. The molecule has 0 aliphatic heterocycles. The smallest absolute Gasteiger partial charge is 0.143 e. The zero-order valence-electron chi connectivity index (χ0n) is 10.6. The van der Waals surface area contributed by atoms with Gasteiger partial charge < -0.3 is 10.6 Å². The zero-order chi connectivity index (χ0) is 13.7. The lowest BCUT2D eigenvalue weighted by Gasteiger charge is -2.09. The van der Waals surface area contributed by atoms with Crippen molar-refractivity contribution in [1.82, 2.24) is 4.98 Å². The summed E-state index contributed by atoms with van der Waals surface area (Å²) in [5, 5.41) is 6.42. The van der Waals surface area contributed by atoms with Crippen LogP contribution in [0.5, 0.6) is 0 Å². The summed E-state index contributed by atoms with van der Waals surface area (Å²) >= 11 is 5.64. The maximum absolute atomic E-state index is 13.3. The van der Waals surface area contributed by atoms with Gasteiger partial charge in [-0.05, 0) is 30.7 Å². The molecule has 0 unspecified atom stereocenters. The van der Waals surface area contributed by atoms with Crippen LogP contribution in [0.3, 0.4) is 0 Å². The van der Waals surface area contributed by atoms with Crippen LogP contribution in [0.4, 0.5) is 21.6 Å². The highest BCUT2D eigenvalue weighted by Crippen LogP contribution is 2.22. The number of nitrogens with zero attached hydrogens (tertiary/aromatic N) is 1. The normalized spacial score (nSPS) is 10.3. The van der Waals surface area contributed by atoms with Gasteiger partial charge in [0.1, 0.15) is 11.6 Å². The third-order valence-corrected chi connectivity index (χ3v) is 2.83. The Hall–Kier alpha value is -1.81. The van der Waals surface area contributed by atoms with Crippen LogP contribution < -0.4 is 10.6 Å². The summed E-state index contributed by atoms with van der Waals surface area (Å²) in [6.45, 7) is 2.96. The Balaban J connectivity index is 2.11. The Morgan fingerprint density at radius 1 is 1.21 bits per heavy atom. The zero-order valence-corrected chi connectivity index (χ0v) is 11.3. The molecule has 0 saturated heterocycles. The minimum Gasteiger partial charge on any atom is -0.370 e. The first-order valence-corrected chi connectivity index (χ1v) is 6.49. The van der Waals surface area contributed by atoms with E-state index in [1.54, 1.807) is 12.3 Å². The summed E-state index contributed by atoms with van der Waals surface area (Å²) in [5.74, 6) is 0.353. The van der Waals surface area contributed by atoms with Crippen LogP contribution in [-0.4, -0.2) is 11.5 Å². The molecule has 1 aromatic carbocycles. The molecule has 0 atom stereocenters. The van der Waals surface area contributed by atoms with E-state index < -0.39 is 5.82 Å². The van der Waals surface area contributed by atoms with E-state index in [2.05, 4.69) is 22.5 Å². The van der Waals surface area contributed by atoms with Crippen molar-refractivity contribution in [2.24, 2.45) is 0 Å². The average molecular weight is 280 g/mol. The number of hydrogen-bond donors (Lipinski definition) is 2. The molecule has 0 aliphatic carbocycles. The Labute approximate surface area is 116 Å². The minimum atomic E-state index is -0.440. The summed E-state index contributed by atoms with van der Waals surface area (Å²) in [7, 11) is 0. The first kappa shape index (κ1) is 13.6. The van der Waals surface area contributed by atoms with Gasteiger partial charge in [0.2, 0.25) is 0 Å². The van der Waals surface area contributed by atoms with Crippen molar-refractivity contribution < 1.29 is 4.39 Å². The van der Waals surface area contributed by atoms with E-state index in [1.165, 1.54) is 12.1 Å². The van der Waals surface area contributed by atoms with Crippen LogP contribution in [0.25, 0.3) is 0 Å². The van der Waals surface area contributed by atoms with E-state index >= 15 is 0 Å². The van der Waals surface area contributed by atoms with Gasteiger partial charge in [0.05, 0.1) is 5.02 Å². The molecule has 100 valence electrons. The second-order valence-electron chi connectivity index (χ2n) is 4.11. The van der Waals surface area contributed by atoms with Gasteiger partial charge in [0, 0.05) is 30.2 Å². The molecule has 0 bridgehead atoms. The molecule has 3 nitrogen and oxygen atoms in total. The molecule has 2 N–H and O–H groups in total. The van der Waals surface area contributed by atoms with Crippen LogP contribution >= 0.6 is 11.6 Å². The number of nitrogens with one attached hydrogen (secondary N) is 2. The van der Waals surface area contributed by atoms with Crippen LogP contribution in [0, 0.1) is 5.82 Å². The number of benzene rings is 1. The molecular formula is C14H15ClFN3. The van der Waals surface area contributed by atoms with Gasteiger partial charge in [-0.25, -0.2) is 9.37 Å². The summed E-state index contributed by atoms with van der Waals surface area (Å²) in [5.41, 5.74) is 1.49. The lowest BCUT2D eigenvalue weighted by Crippen LogP contribution is -2.02. The molecule has 1 aromatic heterocycles. The topological polar surface area (TPSA) is 37.0 Å². The SMILES string of the molecule is CCCNc1cc(Nc2ccc(Cl)c(F)c2)ccn1. The minimum absolute atomic E-state index is 0.116. The fourth-order valence-corrected chi connectivity index (χ4v) is 1.72. The van der Waals surface area contributed by atoms with Gasteiger partial charge in [0.25, 0.3) is 0 Å². The van der Waals surface area contributed by atoms with E-state index in [4.69, 9.17) is 11.6 Å². The Bertz CT molecular complexity index is 560. The van der Waals surface area contributed by atoms with Crippen LogP contribution in [0.1, 0.15) is 13.3 Å². The highest BCUT2D eigenvalue weighted by molar-refractivity contribution is 6.30. The van der Waals surface area contributed by atoms with Crippen molar-refractivity contribution in [2.45, 2.75) is 13.3 Å². The maximum Gasteiger partial charge on any atom is 0.143 e. The Kier molecular flexibility index (Phi) is 4.58. The van der Waals surface area contributed by atoms with E-state index in [9.17, 15) is 4.39 Å². The number of hydrogen-bond acceptors (Lipinski definition) is 3. The fraction of sp³-hybridized carbons (Fsp3) is 0.214. The number of halogens is 2. The molecule has 2 rings (SSSR count). The Morgan fingerprint density at radius 2 is 2.00 bits per heavy atom. The van der Waals surface area contributed by atoms with Crippen LogP contribution in [0.15, 0.2) is 36.5 Å². The number of aromatic nitrogens is 1. The molecule has 0 spiro atoms. The predicted octanol–water partition coefficient (Wildman–Crippen LogP) is 4.44. The van der Waals surface area contributed by atoms with Crippen LogP contribution in [-0.2, 0) is 0 Å². The van der Waals surface area contributed by atoms with Crippen molar-refractivity contribution in [1.29, 1.82) is 0 Å². The second-order valence-corrected chi connectivity index (χ2v) is 4.52. The van der Waals surface area contributed by atoms with Crippen molar-refractivity contribution in [2.75, 3.05) is 17.2 Å². The molecule has 0 radical (unpaired) electrons. The summed E-state index contributed by atoms with van der Waals surface area (Å²) in [4.78, 5) is 4.20. The first-order chi connectivity index (χ1) is 9.19. The van der Waals surface area contributed by atoms with E-state index in [-0.39, 0.29) is 5.02 Å². The quantitative estimate of drug-likeness (QED) is 0.849. The number of pyridine rings is 1. The summed E-state index contributed by atoms with van der Waals surface area (Å²) < 4.78 is 13.3.